The van der Waals surface area contributed by atoms with Crippen LogP contribution < -0.4 is 9.47 Å². The highest BCUT2D eigenvalue weighted by atomic mass is 35.5. The molecule has 0 amide bonds. The minimum absolute atomic E-state index is 0.613. The number of halogens is 1. The van der Waals surface area contributed by atoms with Crippen molar-refractivity contribution in [1.82, 2.24) is 0 Å². The van der Waals surface area contributed by atoms with Gasteiger partial charge in [0.05, 0.1) is 13.7 Å². The molecule has 1 aliphatic rings. The van der Waals surface area contributed by atoms with Gasteiger partial charge in [0.25, 0.3) is 0 Å². The first kappa shape index (κ1) is 14.5. The molecule has 0 aliphatic heterocycles. The standard InChI is InChI=1S/C16H23ClO2/c1-18-15-6-8-16(9-7-15)19-11-10-14(12-17)13-4-2-3-5-13/h6-9,13-14H,2-5,10-12H2,1H3. The van der Waals surface area contributed by atoms with Gasteiger partial charge in [-0.2, -0.15) is 0 Å². The van der Waals surface area contributed by atoms with Gasteiger partial charge in [0.1, 0.15) is 11.5 Å². The summed E-state index contributed by atoms with van der Waals surface area (Å²) in [6, 6.07) is 7.74. The van der Waals surface area contributed by atoms with Crippen molar-refractivity contribution in [1.29, 1.82) is 0 Å². The van der Waals surface area contributed by atoms with Crippen LogP contribution in [-0.4, -0.2) is 19.6 Å². The van der Waals surface area contributed by atoms with E-state index < -0.39 is 0 Å². The van der Waals surface area contributed by atoms with Crippen LogP contribution in [0.4, 0.5) is 0 Å². The summed E-state index contributed by atoms with van der Waals surface area (Å²) in [6.07, 6.45) is 6.49. The summed E-state index contributed by atoms with van der Waals surface area (Å²) >= 11 is 6.10. The summed E-state index contributed by atoms with van der Waals surface area (Å²) in [4.78, 5) is 0. The number of alkyl halides is 1. The molecule has 1 fully saturated rings. The van der Waals surface area contributed by atoms with Gasteiger partial charge in [-0.15, -0.1) is 11.6 Å². The molecule has 1 saturated carbocycles. The zero-order valence-corrected chi connectivity index (χ0v) is 12.4. The maximum Gasteiger partial charge on any atom is 0.119 e. The zero-order valence-electron chi connectivity index (χ0n) is 11.6. The lowest BCUT2D eigenvalue weighted by atomic mass is 9.90. The molecule has 1 atom stereocenters. The minimum Gasteiger partial charge on any atom is -0.497 e. The monoisotopic (exact) mass is 282 g/mol. The first-order chi connectivity index (χ1) is 9.33. The van der Waals surface area contributed by atoms with Crippen LogP contribution in [0.3, 0.4) is 0 Å². The van der Waals surface area contributed by atoms with Gasteiger partial charge in [-0.25, -0.2) is 0 Å². The van der Waals surface area contributed by atoms with Gasteiger partial charge in [-0.05, 0) is 42.5 Å². The van der Waals surface area contributed by atoms with Crippen molar-refractivity contribution in [3.8, 4) is 11.5 Å². The Morgan fingerprint density at radius 3 is 2.37 bits per heavy atom. The van der Waals surface area contributed by atoms with E-state index in [4.69, 9.17) is 21.1 Å². The van der Waals surface area contributed by atoms with E-state index in [-0.39, 0.29) is 0 Å². The maximum atomic E-state index is 6.10. The second-order valence-electron chi connectivity index (χ2n) is 5.27. The molecular weight excluding hydrogens is 260 g/mol. The molecule has 2 nitrogen and oxygen atoms in total. The average molecular weight is 283 g/mol. The average Bonchev–Trinajstić information content (AvgIpc) is 2.98. The molecular formula is C16H23ClO2. The number of ether oxygens (including phenoxy) is 2. The first-order valence-corrected chi connectivity index (χ1v) is 7.69. The summed E-state index contributed by atoms with van der Waals surface area (Å²) < 4.78 is 10.9. The molecule has 1 unspecified atom stereocenters. The fourth-order valence-corrected chi connectivity index (χ4v) is 3.27. The molecule has 0 bridgehead atoms. The number of methoxy groups -OCH3 is 1. The number of rotatable bonds is 7. The highest BCUT2D eigenvalue weighted by Crippen LogP contribution is 2.33. The molecule has 1 aromatic carbocycles. The van der Waals surface area contributed by atoms with Crippen molar-refractivity contribution in [3.63, 3.8) is 0 Å². The van der Waals surface area contributed by atoms with E-state index >= 15 is 0 Å². The van der Waals surface area contributed by atoms with Gasteiger partial charge in [0, 0.05) is 5.88 Å². The van der Waals surface area contributed by atoms with Crippen molar-refractivity contribution >= 4 is 11.6 Å². The summed E-state index contributed by atoms with van der Waals surface area (Å²) in [7, 11) is 1.67. The van der Waals surface area contributed by atoms with Gasteiger partial charge in [-0.3, -0.25) is 0 Å². The minimum atomic E-state index is 0.613. The first-order valence-electron chi connectivity index (χ1n) is 7.16. The Balaban J connectivity index is 1.74. The van der Waals surface area contributed by atoms with Gasteiger partial charge in [0.15, 0.2) is 0 Å². The van der Waals surface area contributed by atoms with Crippen LogP contribution in [0.1, 0.15) is 32.1 Å². The van der Waals surface area contributed by atoms with Crippen molar-refractivity contribution in [2.75, 3.05) is 19.6 Å². The summed E-state index contributed by atoms with van der Waals surface area (Å²) in [5.74, 6) is 3.95. The number of hydrogen-bond donors (Lipinski definition) is 0. The van der Waals surface area contributed by atoms with E-state index in [9.17, 15) is 0 Å². The zero-order chi connectivity index (χ0) is 13.5. The topological polar surface area (TPSA) is 18.5 Å². The quantitative estimate of drug-likeness (QED) is 0.685. The molecule has 1 aromatic rings. The predicted molar refractivity (Wildman–Crippen MR) is 79.3 cm³/mol. The fraction of sp³-hybridized carbons (Fsp3) is 0.625. The highest BCUT2D eigenvalue weighted by Gasteiger charge is 2.24. The largest absolute Gasteiger partial charge is 0.497 e. The predicted octanol–water partition coefficient (Wildman–Crippen LogP) is 4.51. The van der Waals surface area contributed by atoms with E-state index in [0.717, 1.165) is 36.3 Å². The van der Waals surface area contributed by atoms with E-state index in [1.165, 1.54) is 25.7 Å². The molecule has 3 heteroatoms. The van der Waals surface area contributed by atoms with E-state index in [0.29, 0.717) is 5.92 Å². The third kappa shape index (κ3) is 4.31. The third-order valence-corrected chi connectivity index (χ3v) is 4.48. The molecule has 0 spiro atoms. The molecule has 0 aromatic heterocycles. The van der Waals surface area contributed by atoms with Gasteiger partial charge < -0.3 is 9.47 Å². The summed E-state index contributed by atoms with van der Waals surface area (Å²) in [6.45, 7) is 0.750. The Hall–Kier alpha value is -0.890. The Kier molecular flexibility index (Phi) is 5.84. The highest BCUT2D eigenvalue weighted by molar-refractivity contribution is 6.18. The van der Waals surface area contributed by atoms with Crippen LogP contribution in [0.2, 0.25) is 0 Å². The van der Waals surface area contributed by atoms with E-state index in [2.05, 4.69) is 0 Å². The lowest BCUT2D eigenvalue weighted by Gasteiger charge is -2.21. The van der Waals surface area contributed by atoms with Gasteiger partial charge >= 0.3 is 0 Å². The lowest BCUT2D eigenvalue weighted by Crippen LogP contribution is -2.16. The Morgan fingerprint density at radius 2 is 1.79 bits per heavy atom. The van der Waals surface area contributed by atoms with Gasteiger partial charge in [-0.1, -0.05) is 25.7 Å². The van der Waals surface area contributed by atoms with E-state index in [1.54, 1.807) is 7.11 Å². The van der Waals surface area contributed by atoms with Crippen LogP contribution >= 0.6 is 11.6 Å². The van der Waals surface area contributed by atoms with Crippen molar-refractivity contribution < 1.29 is 9.47 Å². The molecule has 0 radical (unpaired) electrons. The Morgan fingerprint density at radius 1 is 1.16 bits per heavy atom. The molecule has 0 N–H and O–H groups in total. The van der Waals surface area contributed by atoms with Gasteiger partial charge in [0.2, 0.25) is 0 Å². The smallest absolute Gasteiger partial charge is 0.119 e. The summed E-state index contributed by atoms with van der Waals surface area (Å²) in [5, 5.41) is 0. The molecule has 2 rings (SSSR count). The normalized spacial score (nSPS) is 17.4. The molecule has 19 heavy (non-hydrogen) atoms. The van der Waals surface area contributed by atoms with Crippen LogP contribution in [0.25, 0.3) is 0 Å². The summed E-state index contributed by atoms with van der Waals surface area (Å²) in [5.41, 5.74) is 0. The molecule has 0 heterocycles. The van der Waals surface area contributed by atoms with Crippen LogP contribution in [0, 0.1) is 11.8 Å². The van der Waals surface area contributed by atoms with Crippen molar-refractivity contribution in [2.45, 2.75) is 32.1 Å². The second-order valence-corrected chi connectivity index (χ2v) is 5.58. The maximum absolute atomic E-state index is 6.10. The second kappa shape index (κ2) is 7.64. The van der Waals surface area contributed by atoms with Crippen molar-refractivity contribution in [3.05, 3.63) is 24.3 Å². The number of hydrogen-bond acceptors (Lipinski definition) is 2. The van der Waals surface area contributed by atoms with Crippen LogP contribution in [0.15, 0.2) is 24.3 Å². The van der Waals surface area contributed by atoms with Crippen LogP contribution in [-0.2, 0) is 0 Å². The number of benzene rings is 1. The SMILES string of the molecule is COc1ccc(OCCC(CCl)C2CCCC2)cc1. The Labute approximate surface area is 121 Å². The Bertz CT molecular complexity index is 358. The third-order valence-electron chi connectivity index (χ3n) is 4.08. The lowest BCUT2D eigenvalue weighted by molar-refractivity contribution is 0.248. The van der Waals surface area contributed by atoms with E-state index in [1.807, 2.05) is 24.3 Å². The fourth-order valence-electron chi connectivity index (χ4n) is 2.87. The molecule has 1 aliphatic carbocycles. The molecule has 106 valence electrons. The van der Waals surface area contributed by atoms with Crippen molar-refractivity contribution in [2.24, 2.45) is 11.8 Å². The molecule has 0 saturated heterocycles. The van der Waals surface area contributed by atoms with Crippen LogP contribution in [0.5, 0.6) is 11.5 Å².